The molecule has 2 aliphatic rings. The average Bonchev–Trinajstić information content (AvgIpc) is 3.24. The van der Waals surface area contributed by atoms with Gasteiger partial charge >= 0.3 is 6.09 Å². The zero-order chi connectivity index (χ0) is 34.8. The fourth-order valence-corrected chi connectivity index (χ4v) is 6.69. The number of benzene rings is 3. The van der Waals surface area contributed by atoms with Crippen molar-refractivity contribution in [2.24, 2.45) is 16.8 Å². The molecule has 1 aliphatic heterocycles. The van der Waals surface area contributed by atoms with Gasteiger partial charge in [0.15, 0.2) is 0 Å². The Morgan fingerprint density at radius 1 is 0.837 bits per heavy atom. The predicted molar refractivity (Wildman–Crippen MR) is 187 cm³/mol. The van der Waals surface area contributed by atoms with Crippen molar-refractivity contribution in [3.8, 4) is 0 Å². The number of nitrogens with zero attached hydrogens (tertiary/aromatic N) is 1. The highest BCUT2D eigenvalue weighted by Crippen LogP contribution is 2.32. The molecule has 1 saturated carbocycles. The van der Waals surface area contributed by atoms with E-state index in [1.807, 2.05) is 84.9 Å². The van der Waals surface area contributed by atoms with Crippen LogP contribution in [0.1, 0.15) is 62.1 Å². The molecule has 0 unspecified atom stereocenters. The lowest BCUT2D eigenvalue weighted by molar-refractivity contribution is -0.132. The number of carboxylic acid groups (broad SMARTS) is 1. The number of carbonyl (C=O) groups is 4. The maximum atomic E-state index is 13.8. The first kappa shape index (κ1) is 35.3. The summed E-state index contributed by atoms with van der Waals surface area (Å²) in [5.74, 6) is -2.16. The summed E-state index contributed by atoms with van der Waals surface area (Å²) in [7, 11) is 0. The number of aliphatic imine (C=N–C) groups is 1. The summed E-state index contributed by atoms with van der Waals surface area (Å²) in [6, 6.07) is 24.1. The summed E-state index contributed by atoms with van der Waals surface area (Å²) in [5, 5.41) is 31.6. The van der Waals surface area contributed by atoms with E-state index >= 15 is 0 Å². The number of para-hydroxylation sites is 1. The first-order valence-corrected chi connectivity index (χ1v) is 17.0. The third kappa shape index (κ3) is 9.76. The molecule has 5 rings (SSSR count). The number of hydrogen-bond donors (Lipinski definition) is 6. The zero-order valence-electron chi connectivity index (χ0n) is 27.7. The SMILES string of the molecule is C[C@H](NC(=O)[C@H](Cc1ccccc1)C[C@@H](O)[C@H](Cc1ccccc1)NC(=O)O)C(=O)N[C@@H]1N=C(C2CCCCC2)c2ccccc2NC1=O. The van der Waals surface area contributed by atoms with Crippen molar-refractivity contribution in [2.45, 2.75) is 82.6 Å². The molecule has 0 aromatic heterocycles. The molecule has 1 heterocycles. The summed E-state index contributed by atoms with van der Waals surface area (Å²) in [5.41, 5.74) is 3.98. The number of anilines is 1. The van der Waals surface area contributed by atoms with E-state index in [0.717, 1.165) is 54.5 Å². The molecule has 4 amide bonds. The van der Waals surface area contributed by atoms with Gasteiger partial charge in [0.25, 0.3) is 5.91 Å². The highest BCUT2D eigenvalue weighted by molar-refractivity contribution is 6.13. The molecular weight excluding hydrogens is 622 g/mol. The number of aliphatic hydroxyl groups excluding tert-OH is 1. The third-order valence-corrected chi connectivity index (χ3v) is 9.29. The van der Waals surface area contributed by atoms with Crippen molar-refractivity contribution in [1.82, 2.24) is 16.0 Å². The lowest BCUT2D eigenvalue weighted by Crippen LogP contribution is -2.52. The van der Waals surface area contributed by atoms with Gasteiger partial charge in [-0.25, -0.2) is 4.79 Å². The molecule has 1 aliphatic carbocycles. The van der Waals surface area contributed by atoms with Crippen molar-refractivity contribution in [3.63, 3.8) is 0 Å². The van der Waals surface area contributed by atoms with E-state index in [1.165, 1.54) is 6.92 Å². The van der Waals surface area contributed by atoms with Gasteiger partial charge in [-0.1, -0.05) is 98.1 Å². The number of carbonyl (C=O) groups excluding carboxylic acids is 3. The van der Waals surface area contributed by atoms with E-state index in [4.69, 9.17) is 4.99 Å². The first-order chi connectivity index (χ1) is 23.7. The van der Waals surface area contributed by atoms with Crippen LogP contribution < -0.4 is 21.3 Å². The number of benzodiazepines with no additional fused rings is 1. The monoisotopic (exact) mass is 667 g/mol. The second kappa shape index (κ2) is 16.9. The Kier molecular flexibility index (Phi) is 12.2. The number of rotatable bonds is 13. The molecule has 0 spiro atoms. The van der Waals surface area contributed by atoms with E-state index in [2.05, 4.69) is 21.3 Å². The molecule has 6 N–H and O–H groups in total. The summed E-state index contributed by atoms with van der Waals surface area (Å²) in [4.78, 5) is 57.0. The van der Waals surface area contributed by atoms with Gasteiger partial charge in [0.2, 0.25) is 18.0 Å². The molecule has 5 atom stereocenters. The Morgan fingerprint density at radius 3 is 2.10 bits per heavy atom. The highest BCUT2D eigenvalue weighted by Gasteiger charge is 2.33. The number of nitrogens with one attached hydrogen (secondary N) is 4. The number of hydrogen-bond acceptors (Lipinski definition) is 6. The molecular formula is C38H45N5O6. The van der Waals surface area contributed by atoms with Crippen LogP contribution in [0.2, 0.25) is 0 Å². The zero-order valence-corrected chi connectivity index (χ0v) is 27.7. The Bertz CT molecular complexity index is 1630. The molecule has 3 aromatic rings. The second-order valence-electron chi connectivity index (χ2n) is 13.0. The number of amides is 4. The number of fused-ring (bicyclic) bond motifs is 1. The Balaban J connectivity index is 1.30. The van der Waals surface area contributed by atoms with Gasteiger partial charge in [-0.3, -0.25) is 19.4 Å². The Morgan fingerprint density at radius 2 is 1.45 bits per heavy atom. The maximum Gasteiger partial charge on any atom is 0.404 e. The fourth-order valence-electron chi connectivity index (χ4n) is 6.69. The third-order valence-electron chi connectivity index (χ3n) is 9.29. The summed E-state index contributed by atoms with van der Waals surface area (Å²) in [6.07, 6.45) is 1.96. The van der Waals surface area contributed by atoms with Crippen molar-refractivity contribution in [1.29, 1.82) is 0 Å². The molecule has 0 saturated heterocycles. The van der Waals surface area contributed by atoms with Crippen LogP contribution in [0.25, 0.3) is 0 Å². The van der Waals surface area contributed by atoms with E-state index in [0.29, 0.717) is 5.69 Å². The van der Waals surface area contributed by atoms with Crippen LogP contribution in [0.4, 0.5) is 10.5 Å². The van der Waals surface area contributed by atoms with Gasteiger partial charge in [-0.2, -0.15) is 0 Å². The maximum absolute atomic E-state index is 13.8. The van der Waals surface area contributed by atoms with Crippen LogP contribution >= 0.6 is 0 Å². The summed E-state index contributed by atoms with van der Waals surface area (Å²) >= 11 is 0. The molecule has 49 heavy (non-hydrogen) atoms. The Labute approximate surface area is 286 Å². The van der Waals surface area contributed by atoms with Crippen LogP contribution in [0.15, 0.2) is 89.9 Å². The molecule has 3 aromatic carbocycles. The van der Waals surface area contributed by atoms with Crippen molar-refractivity contribution in [3.05, 3.63) is 102 Å². The van der Waals surface area contributed by atoms with E-state index < -0.39 is 54.1 Å². The quantitative estimate of drug-likeness (QED) is 0.157. The van der Waals surface area contributed by atoms with Crippen molar-refractivity contribution in [2.75, 3.05) is 5.32 Å². The second-order valence-corrected chi connectivity index (χ2v) is 13.0. The molecule has 1 fully saturated rings. The van der Waals surface area contributed by atoms with Gasteiger partial charge in [-0.05, 0) is 56.2 Å². The van der Waals surface area contributed by atoms with Gasteiger partial charge in [-0.15, -0.1) is 0 Å². The minimum Gasteiger partial charge on any atom is -0.465 e. The molecule has 0 radical (unpaired) electrons. The minimum atomic E-state index is -1.28. The fraction of sp³-hybridized carbons (Fsp3) is 0.395. The van der Waals surface area contributed by atoms with Crippen LogP contribution in [-0.4, -0.2) is 64.1 Å². The van der Waals surface area contributed by atoms with Gasteiger partial charge in [0.05, 0.1) is 17.9 Å². The summed E-state index contributed by atoms with van der Waals surface area (Å²) < 4.78 is 0. The van der Waals surface area contributed by atoms with E-state index in [-0.39, 0.29) is 25.2 Å². The summed E-state index contributed by atoms with van der Waals surface area (Å²) in [6.45, 7) is 1.53. The van der Waals surface area contributed by atoms with Gasteiger partial charge in [0, 0.05) is 23.1 Å². The smallest absolute Gasteiger partial charge is 0.404 e. The molecule has 11 heteroatoms. The highest BCUT2D eigenvalue weighted by atomic mass is 16.4. The normalized spacial score (nSPS) is 18.7. The van der Waals surface area contributed by atoms with Gasteiger partial charge < -0.3 is 31.5 Å². The van der Waals surface area contributed by atoms with Gasteiger partial charge in [0.1, 0.15) is 6.04 Å². The van der Waals surface area contributed by atoms with Crippen LogP contribution in [0.3, 0.4) is 0 Å². The molecule has 11 nitrogen and oxygen atoms in total. The molecule has 0 bridgehead atoms. The van der Waals surface area contributed by atoms with Crippen LogP contribution in [0, 0.1) is 11.8 Å². The topological polar surface area (TPSA) is 169 Å². The largest absolute Gasteiger partial charge is 0.465 e. The number of aliphatic hydroxyl groups is 1. The lowest BCUT2D eigenvalue weighted by Gasteiger charge is -2.27. The van der Waals surface area contributed by atoms with Crippen LogP contribution in [-0.2, 0) is 27.2 Å². The van der Waals surface area contributed by atoms with E-state index in [9.17, 15) is 29.4 Å². The predicted octanol–water partition coefficient (Wildman–Crippen LogP) is 4.44. The van der Waals surface area contributed by atoms with Crippen molar-refractivity contribution < 1.29 is 29.4 Å². The Hall–Kier alpha value is -5.03. The van der Waals surface area contributed by atoms with E-state index in [1.54, 1.807) is 0 Å². The standard InChI is InChI=1S/C38H45N5O6/c1-24(35(45)43-34-37(47)40-30-20-12-11-19-29(30)33(42-34)27-17-9-4-10-18-27)39-36(46)28(21-25-13-5-2-6-14-25)23-32(44)31(41-38(48)49)22-26-15-7-3-8-16-26/h2-3,5-8,11-16,19-20,24,27-28,31-32,34,41,44H,4,9-10,17-18,21-23H2,1H3,(H,39,46)(H,40,47)(H,43,45)(H,48,49)/t24-,28+,31-,32+,34-/m0/s1. The van der Waals surface area contributed by atoms with Crippen molar-refractivity contribution >= 4 is 35.2 Å². The molecule has 258 valence electrons. The first-order valence-electron chi connectivity index (χ1n) is 17.0. The lowest BCUT2D eigenvalue weighted by atomic mass is 9.83. The minimum absolute atomic E-state index is 0.0643. The average molecular weight is 668 g/mol. The van der Waals surface area contributed by atoms with Crippen LogP contribution in [0.5, 0.6) is 0 Å².